The van der Waals surface area contributed by atoms with Gasteiger partial charge in [0.2, 0.25) is 0 Å². The van der Waals surface area contributed by atoms with E-state index in [0.29, 0.717) is 18.4 Å². The van der Waals surface area contributed by atoms with Crippen LogP contribution >= 0.6 is 0 Å². The highest BCUT2D eigenvalue weighted by atomic mass is 16.3. The van der Waals surface area contributed by atoms with Crippen molar-refractivity contribution in [1.82, 2.24) is 4.90 Å². The van der Waals surface area contributed by atoms with Gasteiger partial charge in [0.1, 0.15) is 0 Å². The molecule has 2 heteroatoms. The minimum absolute atomic E-state index is 0.109. The molecule has 1 fully saturated rings. The van der Waals surface area contributed by atoms with Crippen molar-refractivity contribution in [3.05, 3.63) is 0 Å². The maximum atomic E-state index is 9.40. The average Bonchev–Trinajstić information content (AvgIpc) is 2.12. The number of nitrogens with zero attached hydrogens (tertiary/aromatic N) is 1. The van der Waals surface area contributed by atoms with Gasteiger partial charge in [-0.25, -0.2) is 0 Å². The molecule has 0 spiro atoms. The minimum atomic E-state index is 0.109. The number of aliphatic hydroxyl groups excluding tert-OH is 1. The van der Waals surface area contributed by atoms with Crippen LogP contribution in [0.5, 0.6) is 0 Å². The van der Waals surface area contributed by atoms with Gasteiger partial charge < -0.3 is 5.11 Å². The van der Waals surface area contributed by atoms with Gasteiger partial charge in [0.15, 0.2) is 0 Å². The summed E-state index contributed by atoms with van der Waals surface area (Å²) in [5.41, 5.74) is 0.300. The third-order valence-corrected chi connectivity index (χ3v) is 4.55. The molecule has 1 rings (SSSR count). The Morgan fingerprint density at radius 1 is 1.15 bits per heavy atom. The summed E-state index contributed by atoms with van der Waals surface area (Å²) in [6.07, 6.45) is 0. The molecular weight excluding hydrogens is 162 g/mol. The van der Waals surface area contributed by atoms with Crippen molar-refractivity contribution in [3.63, 3.8) is 0 Å². The molecule has 0 aliphatic carbocycles. The summed E-state index contributed by atoms with van der Waals surface area (Å²) in [6, 6.07) is 0. The number of likely N-dealkylation sites (tertiary alicyclic amines) is 1. The number of hydrogen-bond donors (Lipinski definition) is 1. The Kier molecular flexibility index (Phi) is 2.50. The normalized spacial score (nSPS) is 38.1. The summed E-state index contributed by atoms with van der Waals surface area (Å²) in [5.74, 6) is 0.921. The Morgan fingerprint density at radius 3 is 1.77 bits per heavy atom. The topological polar surface area (TPSA) is 23.5 Å². The molecule has 0 radical (unpaired) electrons. The zero-order chi connectivity index (χ0) is 10.4. The number of rotatable bonds is 1. The molecule has 0 amide bonds. The first-order chi connectivity index (χ1) is 5.76. The Labute approximate surface area is 81.9 Å². The van der Waals surface area contributed by atoms with Crippen LogP contribution in [-0.4, -0.2) is 34.7 Å². The number of aliphatic hydroxyl groups is 1. The van der Waals surface area contributed by atoms with Gasteiger partial charge >= 0.3 is 0 Å². The van der Waals surface area contributed by atoms with Crippen LogP contribution in [-0.2, 0) is 0 Å². The van der Waals surface area contributed by atoms with Crippen molar-refractivity contribution in [3.8, 4) is 0 Å². The maximum Gasteiger partial charge on any atom is 0.0480 e. The fourth-order valence-electron chi connectivity index (χ4n) is 2.78. The van der Waals surface area contributed by atoms with E-state index in [1.54, 1.807) is 0 Å². The summed E-state index contributed by atoms with van der Waals surface area (Å²) in [4.78, 5) is 2.39. The van der Waals surface area contributed by atoms with E-state index in [4.69, 9.17) is 0 Å². The van der Waals surface area contributed by atoms with E-state index in [1.807, 2.05) is 0 Å². The quantitative estimate of drug-likeness (QED) is 0.672. The molecule has 13 heavy (non-hydrogen) atoms. The van der Waals surface area contributed by atoms with Crippen LogP contribution in [0.1, 0.15) is 34.6 Å². The van der Waals surface area contributed by atoms with Gasteiger partial charge in [-0.05, 0) is 40.7 Å². The third-order valence-electron chi connectivity index (χ3n) is 4.55. The van der Waals surface area contributed by atoms with E-state index in [9.17, 15) is 5.11 Å². The molecule has 1 aliphatic rings. The largest absolute Gasteiger partial charge is 0.396 e. The molecule has 2 nitrogen and oxygen atoms in total. The molecule has 2 atom stereocenters. The van der Waals surface area contributed by atoms with Gasteiger partial charge in [0.25, 0.3) is 0 Å². The van der Waals surface area contributed by atoms with Crippen molar-refractivity contribution in [1.29, 1.82) is 0 Å². The highest BCUT2D eigenvalue weighted by molar-refractivity contribution is 5.07. The monoisotopic (exact) mass is 185 g/mol. The molecule has 1 N–H and O–H groups in total. The van der Waals surface area contributed by atoms with E-state index in [2.05, 4.69) is 46.6 Å². The van der Waals surface area contributed by atoms with Crippen LogP contribution in [0.4, 0.5) is 0 Å². The van der Waals surface area contributed by atoms with E-state index < -0.39 is 0 Å². The molecule has 1 aliphatic heterocycles. The van der Waals surface area contributed by atoms with Crippen molar-refractivity contribution < 1.29 is 5.11 Å². The second-order valence-electron chi connectivity index (χ2n) is 5.44. The lowest BCUT2D eigenvalue weighted by atomic mass is 9.79. The fourth-order valence-corrected chi connectivity index (χ4v) is 2.78. The van der Waals surface area contributed by atoms with Crippen LogP contribution in [0.15, 0.2) is 0 Å². The third kappa shape index (κ3) is 1.31. The van der Waals surface area contributed by atoms with Gasteiger partial charge in [0, 0.05) is 23.6 Å². The van der Waals surface area contributed by atoms with Crippen LogP contribution in [0.2, 0.25) is 0 Å². The molecular formula is C11H23NO. The number of hydrogen-bond acceptors (Lipinski definition) is 2. The Bertz CT molecular complexity index is 198. The van der Waals surface area contributed by atoms with E-state index in [1.165, 1.54) is 0 Å². The standard InChI is InChI=1S/C11H23NO/c1-8-9(7-13)11(4,5)12(6)10(8,2)3/h8-9,13H,7H2,1-6H3. The van der Waals surface area contributed by atoms with Gasteiger partial charge in [0.05, 0.1) is 0 Å². The van der Waals surface area contributed by atoms with Gasteiger partial charge in [-0.15, -0.1) is 0 Å². The molecule has 0 aromatic heterocycles. The summed E-state index contributed by atoms with van der Waals surface area (Å²) in [7, 11) is 2.16. The van der Waals surface area contributed by atoms with Crippen LogP contribution in [0, 0.1) is 11.8 Å². The van der Waals surface area contributed by atoms with Crippen molar-refractivity contribution in [2.24, 2.45) is 11.8 Å². The molecule has 78 valence electrons. The maximum absolute atomic E-state index is 9.40. The van der Waals surface area contributed by atoms with Crippen molar-refractivity contribution in [2.75, 3.05) is 13.7 Å². The first-order valence-corrected chi connectivity index (χ1v) is 5.11. The highest BCUT2D eigenvalue weighted by Gasteiger charge is 2.53. The van der Waals surface area contributed by atoms with Crippen molar-refractivity contribution in [2.45, 2.75) is 45.7 Å². The van der Waals surface area contributed by atoms with Crippen LogP contribution in [0.25, 0.3) is 0 Å². The molecule has 0 aromatic rings. The predicted octanol–water partition coefficient (Wildman–Crippen LogP) is 1.73. The second kappa shape index (κ2) is 2.96. The van der Waals surface area contributed by atoms with E-state index in [-0.39, 0.29) is 11.1 Å². The van der Waals surface area contributed by atoms with Gasteiger partial charge in [-0.2, -0.15) is 0 Å². The summed E-state index contributed by atoms with van der Waals surface area (Å²) in [5, 5.41) is 9.40. The highest BCUT2D eigenvalue weighted by Crippen LogP contribution is 2.47. The van der Waals surface area contributed by atoms with Crippen LogP contribution in [0.3, 0.4) is 0 Å². The van der Waals surface area contributed by atoms with E-state index >= 15 is 0 Å². The Balaban J connectivity index is 3.04. The lowest BCUT2D eigenvalue weighted by Crippen LogP contribution is -2.47. The van der Waals surface area contributed by atoms with Crippen molar-refractivity contribution >= 4 is 0 Å². The average molecular weight is 185 g/mol. The molecule has 1 heterocycles. The smallest absolute Gasteiger partial charge is 0.0480 e. The lowest BCUT2D eigenvalue weighted by molar-refractivity contribution is 0.0824. The minimum Gasteiger partial charge on any atom is -0.396 e. The molecule has 1 saturated heterocycles. The van der Waals surface area contributed by atoms with Crippen LogP contribution < -0.4 is 0 Å². The fraction of sp³-hybridized carbons (Fsp3) is 1.00. The Morgan fingerprint density at radius 2 is 1.62 bits per heavy atom. The van der Waals surface area contributed by atoms with Gasteiger partial charge in [-0.1, -0.05) is 6.92 Å². The second-order valence-corrected chi connectivity index (χ2v) is 5.44. The summed E-state index contributed by atoms with van der Waals surface area (Å²) in [6.45, 7) is 11.5. The summed E-state index contributed by atoms with van der Waals surface area (Å²) >= 11 is 0. The first-order valence-electron chi connectivity index (χ1n) is 5.11. The predicted molar refractivity (Wildman–Crippen MR) is 55.7 cm³/mol. The van der Waals surface area contributed by atoms with Gasteiger partial charge in [-0.3, -0.25) is 4.90 Å². The SMILES string of the molecule is CC1C(CO)C(C)(C)N(C)C1(C)C. The molecule has 0 bridgehead atoms. The lowest BCUT2D eigenvalue weighted by Gasteiger charge is -2.38. The van der Waals surface area contributed by atoms with E-state index in [0.717, 1.165) is 0 Å². The summed E-state index contributed by atoms with van der Waals surface area (Å²) < 4.78 is 0. The molecule has 2 unspecified atom stereocenters. The Hall–Kier alpha value is -0.0800. The molecule has 0 aromatic carbocycles. The molecule has 0 saturated carbocycles. The first kappa shape index (κ1) is 11.0. The zero-order valence-corrected chi connectivity index (χ0v) is 9.76. The zero-order valence-electron chi connectivity index (χ0n) is 9.76.